The number of ether oxygens (including phenoxy) is 1. The van der Waals surface area contributed by atoms with E-state index in [1.54, 1.807) is 7.11 Å². The fraction of sp³-hybridized carbons (Fsp3) is 0.368. The highest BCUT2D eigenvalue weighted by Gasteiger charge is 2.30. The molecule has 0 aliphatic rings. The van der Waals surface area contributed by atoms with E-state index in [4.69, 9.17) is 4.74 Å². The molecule has 2 nitrogen and oxygen atoms in total. The van der Waals surface area contributed by atoms with E-state index >= 15 is 0 Å². The Labute approximate surface area is 128 Å². The van der Waals surface area contributed by atoms with Gasteiger partial charge in [-0.05, 0) is 31.0 Å². The lowest BCUT2D eigenvalue weighted by Gasteiger charge is -2.33. The van der Waals surface area contributed by atoms with E-state index in [1.165, 1.54) is 11.1 Å². The minimum atomic E-state index is 0.0756. The second-order valence-electron chi connectivity index (χ2n) is 5.79. The van der Waals surface area contributed by atoms with Gasteiger partial charge in [0.05, 0.1) is 6.61 Å². The SMILES string of the molecule is CNCC(COC)(Cc1ccccc1)Cc1ccccc1. The maximum absolute atomic E-state index is 5.56. The first-order valence-electron chi connectivity index (χ1n) is 7.49. The smallest absolute Gasteiger partial charge is 0.0537 e. The van der Waals surface area contributed by atoms with Crippen LogP contribution >= 0.6 is 0 Å². The Balaban J connectivity index is 2.23. The highest BCUT2D eigenvalue weighted by molar-refractivity contribution is 5.21. The predicted molar refractivity (Wildman–Crippen MR) is 88.5 cm³/mol. The molecule has 0 aliphatic carbocycles. The van der Waals surface area contributed by atoms with Gasteiger partial charge >= 0.3 is 0 Å². The van der Waals surface area contributed by atoms with Crippen molar-refractivity contribution in [2.24, 2.45) is 5.41 Å². The van der Waals surface area contributed by atoms with Crippen molar-refractivity contribution >= 4 is 0 Å². The minimum absolute atomic E-state index is 0.0756. The summed E-state index contributed by atoms with van der Waals surface area (Å²) in [5.74, 6) is 0. The van der Waals surface area contributed by atoms with Crippen molar-refractivity contribution in [3.05, 3.63) is 71.8 Å². The molecule has 0 unspecified atom stereocenters. The van der Waals surface area contributed by atoms with Crippen molar-refractivity contribution in [1.29, 1.82) is 0 Å². The van der Waals surface area contributed by atoms with Gasteiger partial charge in [0.1, 0.15) is 0 Å². The summed E-state index contributed by atoms with van der Waals surface area (Å²) in [6.45, 7) is 1.68. The first kappa shape index (κ1) is 15.7. The summed E-state index contributed by atoms with van der Waals surface area (Å²) in [6.07, 6.45) is 2.02. The molecule has 0 aliphatic heterocycles. The lowest BCUT2D eigenvalue weighted by molar-refractivity contribution is 0.0792. The normalized spacial score (nSPS) is 11.5. The van der Waals surface area contributed by atoms with Crippen LogP contribution in [0.25, 0.3) is 0 Å². The Bertz CT molecular complexity index is 460. The van der Waals surface area contributed by atoms with E-state index in [0.29, 0.717) is 0 Å². The molecule has 0 fully saturated rings. The highest BCUT2D eigenvalue weighted by atomic mass is 16.5. The van der Waals surface area contributed by atoms with E-state index < -0.39 is 0 Å². The molecule has 1 N–H and O–H groups in total. The molecule has 0 amide bonds. The zero-order valence-corrected chi connectivity index (χ0v) is 13.0. The summed E-state index contributed by atoms with van der Waals surface area (Å²) >= 11 is 0. The van der Waals surface area contributed by atoms with Crippen LogP contribution in [-0.2, 0) is 17.6 Å². The number of methoxy groups -OCH3 is 1. The van der Waals surface area contributed by atoms with Crippen molar-refractivity contribution in [3.8, 4) is 0 Å². The minimum Gasteiger partial charge on any atom is -0.384 e. The van der Waals surface area contributed by atoms with Crippen LogP contribution in [0.3, 0.4) is 0 Å². The third-order valence-corrected chi connectivity index (χ3v) is 3.85. The number of rotatable bonds is 8. The molecule has 112 valence electrons. The number of hydrogen-bond donors (Lipinski definition) is 1. The average Bonchev–Trinajstić information content (AvgIpc) is 2.50. The van der Waals surface area contributed by atoms with Gasteiger partial charge in [-0.2, -0.15) is 0 Å². The van der Waals surface area contributed by atoms with Crippen LogP contribution in [0.15, 0.2) is 60.7 Å². The van der Waals surface area contributed by atoms with Gasteiger partial charge in [0.2, 0.25) is 0 Å². The lowest BCUT2D eigenvalue weighted by atomic mass is 9.77. The van der Waals surface area contributed by atoms with Gasteiger partial charge in [0, 0.05) is 19.1 Å². The van der Waals surface area contributed by atoms with E-state index in [9.17, 15) is 0 Å². The zero-order valence-electron chi connectivity index (χ0n) is 13.0. The van der Waals surface area contributed by atoms with E-state index in [2.05, 4.69) is 66.0 Å². The summed E-state index contributed by atoms with van der Waals surface area (Å²) in [4.78, 5) is 0. The predicted octanol–water partition coefficient (Wildman–Crippen LogP) is 3.32. The van der Waals surface area contributed by atoms with Crippen molar-refractivity contribution in [2.75, 3.05) is 27.3 Å². The third kappa shape index (κ3) is 4.69. The quantitative estimate of drug-likeness (QED) is 0.802. The van der Waals surface area contributed by atoms with Crippen molar-refractivity contribution < 1.29 is 4.74 Å². The molecule has 2 aromatic carbocycles. The van der Waals surface area contributed by atoms with Crippen LogP contribution in [0.1, 0.15) is 11.1 Å². The molecule has 0 atom stereocenters. The van der Waals surface area contributed by atoms with Crippen LogP contribution in [-0.4, -0.2) is 27.3 Å². The van der Waals surface area contributed by atoms with Crippen molar-refractivity contribution in [1.82, 2.24) is 5.32 Å². The second kappa shape index (κ2) is 7.96. The lowest BCUT2D eigenvalue weighted by Crippen LogP contribution is -2.40. The molecule has 0 saturated heterocycles. The van der Waals surface area contributed by atoms with Gasteiger partial charge in [-0.25, -0.2) is 0 Å². The van der Waals surface area contributed by atoms with Crippen LogP contribution in [0.5, 0.6) is 0 Å². The maximum atomic E-state index is 5.56. The molecule has 2 rings (SSSR count). The summed E-state index contributed by atoms with van der Waals surface area (Å²) < 4.78 is 5.56. The van der Waals surface area contributed by atoms with E-state index in [-0.39, 0.29) is 5.41 Å². The molecule has 0 radical (unpaired) electrons. The third-order valence-electron chi connectivity index (χ3n) is 3.85. The summed E-state index contributed by atoms with van der Waals surface area (Å²) in [7, 11) is 3.81. The van der Waals surface area contributed by atoms with Gasteiger partial charge in [-0.3, -0.25) is 0 Å². The average molecular weight is 283 g/mol. The largest absolute Gasteiger partial charge is 0.384 e. The summed E-state index contributed by atoms with van der Waals surface area (Å²) in [5, 5.41) is 3.35. The summed E-state index contributed by atoms with van der Waals surface area (Å²) in [5.41, 5.74) is 2.80. The van der Waals surface area contributed by atoms with Crippen molar-refractivity contribution in [2.45, 2.75) is 12.8 Å². The molecule has 0 heterocycles. The van der Waals surface area contributed by atoms with Crippen molar-refractivity contribution in [3.63, 3.8) is 0 Å². The maximum Gasteiger partial charge on any atom is 0.0537 e. The molecular formula is C19H25NO. The number of benzene rings is 2. The van der Waals surface area contributed by atoms with Gasteiger partial charge < -0.3 is 10.1 Å². The van der Waals surface area contributed by atoms with Gasteiger partial charge in [0.25, 0.3) is 0 Å². The van der Waals surface area contributed by atoms with Crippen LogP contribution in [0.4, 0.5) is 0 Å². The molecular weight excluding hydrogens is 258 g/mol. The number of hydrogen-bond acceptors (Lipinski definition) is 2. The molecule has 0 aromatic heterocycles. The molecule has 2 heteroatoms. The molecule has 0 spiro atoms. The fourth-order valence-corrected chi connectivity index (χ4v) is 3.08. The molecule has 2 aromatic rings. The van der Waals surface area contributed by atoms with Gasteiger partial charge in [-0.15, -0.1) is 0 Å². The van der Waals surface area contributed by atoms with Crippen LogP contribution in [0.2, 0.25) is 0 Å². The molecule has 0 saturated carbocycles. The second-order valence-corrected chi connectivity index (χ2v) is 5.79. The first-order chi connectivity index (χ1) is 10.3. The highest BCUT2D eigenvalue weighted by Crippen LogP contribution is 2.28. The van der Waals surface area contributed by atoms with E-state index in [0.717, 1.165) is 26.0 Å². The Morgan fingerprint density at radius 1 is 0.857 bits per heavy atom. The Kier molecular flexibility index (Phi) is 5.97. The fourth-order valence-electron chi connectivity index (χ4n) is 3.08. The Hall–Kier alpha value is -1.64. The molecule has 21 heavy (non-hydrogen) atoms. The van der Waals surface area contributed by atoms with E-state index in [1.807, 2.05) is 7.05 Å². The Morgan fingerprint density at radius 2 is 1.33 bits per heavy atom. The standard InChI is InChI=1S/C19H25NO/c1-20-15-19(16-21-2,13-17-9-5-3-6-10-17)14-18-11-7-4-8-12-18/h3-12,20H,13-16H2,1-2H3. The van der Waals surface area contributed by atoms with Crippen LogP contribution < -0.4 is 5.32 Å². The molecule has 0 bridgehead atoms. The van der Waals surface area contributed by atoms with Gasteiger partial charge in [-0.1, -0.05) is 60.7 Å². The summed E-state index contributed by atoms with van der Waals surface area (Å²) in [6, 6.07) is 21.4. The first-order valence-corrected chi connectivity index (χ1v) is 7.49. The number of nitrogens with one attached hydrogen (secondary N) is 1. The monoisotopic (exact) mass is 283 g/mol. The zero-order chi connectivity index (χ0) is 15.0. The Morgan fingerprint density at radius 3 is 1.71 bits per heavy atom. The van der Waals surface area contributed by atoms with Crippen LogP contribution in [0, 0.1) is 5.41 Å². The van der Waals surface area contributed by atoms with Gasteiger partial charge in [0.15, 0.2) is 0 Å². The topological polar surface area (TPSA) is 21.3 Å².